The number of carbonyl (C=O) groups is 3. The number of sulfone groups is 1. The third kappa shape index (κ3) is 6.70. The maximum Gasteiger partial charge on any atom is 0.455 e. The van der Waals surface area contributed by atoms with E-state index in [0.717, 1.165) is 4.90 Å². The predicted octanol–water partition coefficient (Wildman–Crippen LogP) is 2.00. The van der Waals surface area contributed by atoms with Gasteiger partial charge < -0.3 is 5.32 Å². The monoisotopic (exact) mass is 582 g/mol. The molecule has 1 saturated heterocycles. The molecular formula is C23H24F6N4O5S. The topological polar surface area (TPSA) is 136 Å². The quantitative estimate of drug-likeness (QED) is 0.301. The zero-order valence-corrected chi connectivity index (χ0v) is 21.2. The van der Waals surface area contributed by atoms with Gasteiger partial charge in [-0.15, -0.1) is 0 Å². The zero-order valence-electron chi connectivity index (χ0n) is 20.4. The Labute approximate surface area is 219 Å². The van der Waals surface area contributed by atoms with Crippen molar-refractivity contribution in [1.29, 1.82) is 5.26 Å². The van der Waals surface area contributed by atoms with Gasteiger partial charge in [-0.1, -0.05) is 12.1 Å². The first-order valence-electron chi connectivity index (χ1n) is 11.7. The van der Waals surface area contributed by atoms with Crippen molar-refractivity contribution in [3.05, 3.63) is 35.6 Å². The molecule has 0 aromatic heterocycles. The number of imide groups is 1. The number of hydrogen-bond donors (Lipinski definition) is 2. The summed E-state index contributed by atoms with van der Waals surface area (Å²) in [6, 6.07) is -1.06. The number of likely N-dealkylation sites (tertiary alicyclic amines) is 1. The summed E-state index contributed by atoms with van der Waals surface area (Å²) in [6.45, 7) is 1.46. The first kappa shape index (κ1) is 30.4. The van der Waals surface area contributed by atoms with Crippen LogP contribution in [0.25, 0.3) is 0 Å². The van der Waals surface area contributed by atoms with Crippen LogP contribution >= 0.6 is 0 Å². The van der Waals surface area contributed by atoms with Gasteiger partial charge in [0.2, 0.25) is 17.7 Å². The summed E-state index contributed by atoms with van der Waals surface area (Å²) in [7, 11) is -4.55. The number of hydrogen-bond acceptors (Lipinski definition) is 7. The maximum absolute atomic E-state index is 14.7. The molecule has 1 unspecified atom stereocenters. The average molecular weight is 583 g/mol. The lowest BCUT2D eigenvalue weighted by atomic mass is 9.98. The van der Waals surface area contributed by atoms with Crippen LogP contribution in [0.5, 0.6) is 0 Å². The van der Waals surface area contributed by atoms with Crippen molar-refractivity contribution in [3.8, 4) is 6.07 Å². The van der Waals surface area contributed by atoms with Crippen LogP contribution in [0.1, 0.15) is 37.8 Å². The Morgan fingerprint density at radius 2 is 1.77 bits per heavy atom. The molecule has 0 spiro atoms. The Bertz CT molecular complexity index is 1280. The lowest BCUT2D eigenvalue weighted by Crippen LogP contribution is -2.57. The van der Waals surface area contributed by atoms with E-state index in [1.54, 1.807) is 11.4 Å². The van der Waals surface area contributed by atoms with Crippen LogP contribution in [-0.4, -0.2) is 72.8 Å². The molecule has 39 heavy (non-hydrogen) atoms. The van der Waals surface area contributed by atoms with Crippen LogP contribution in [0.3, 0.4) is 0 Å². The van der Waals surface area contributed by atoms with E-state index in [4.69, 9.17) is 0 Å². The second-order valence-corrected chi connectivity index (χ2v) is 11.6. The molecule has 3 rings (SSSR count). The molecule has 1 aliphatic heterocycles. The van der Waals surface area contributed by atoms with Crippen LogP contribution in [0.2, 0.25) is 0 Å². The molecule has 2 aliphatic rings. The van der Waals surface area contributed by atoms with Gasteiger partial charge in [0.25, 0.3) is 0 Å². The van der Waals surface area contributed by atoms with Crippen molar-refractivity contribution in [2.45, 2.75) is 55.9 Å². The first-order valence-corrected chi connectivity index (χ1v) is 13.5. The summed E-state index contributed by atoms with van der Waals surface area (Å²) < 4.78 is 109. The van der Waals surface area contributed by atoms with E-state index in [1.165, 1.54) is 6.92 Å². The molecule has 3 atom stereocenters. The normalized spacial score (nSPS) is 20.9. The molecule has 16 heteroatoms. The van der Waals surface area contributed by atoms with Crippen LogP contribution in [-0.2, 0) is 24.2 Å². The minimum atomic E-state index is -6.16. The summed E-state index contributed by atoms with van der Waals surface area (Å²) in [5.41, 5.74) is -2.24. The predicted molar refractivity (Wildman–Crippen MR) is 122 cm³/mol. The minimum Gasteiger partial charge on any atom is -0.336 e. The van der Waals surface area contributed by atoms with Gasteiger partial charge in [-0.2, -0.15) is 27.2 Å². The molecule has 2 fully saturated rings. The number of amides is 3. The van der Waals surface area contributed by atoms with Crippen LogP contribution in [0.15, 0.2) is 24.3 Å². The second kappa shape index (κ2) is 10.8. The van der Waals surface area contributed by atoms with Gasteiger partial charge in [0, 0.05) is 13.0 Å². The Morgan fingerprint density at radius 1 is 1.18 bits per heavy atom. The highest BCUT2D eigenvalue weighted by Crippen LogP contribution is 2.45. The average Bonchev–Trinajstić information content (AvgIpc) is 3.55. The Kier molecular flexibility index (Phi) is 8.37. The molecular weight excluding hydrogens is 558 g/mol. The summed E-state index contributed by atoms with van der Waals surface area (Å²) in [5, 5.41) is 13.2. The van der Waals surface area contributed by atoms with Crippen LogP contribution in [0, 0.1) is 23.1 Å². The molecule has 0 radical (unpaired) electrons. The van der Waals surface area contributed by atoms with Crippen molar-refractivity contribution in [3.63, 3.8) is 0 Å². The SMILES string of the molecule is CCN1C(=O)CC(CS(=O)(=O)C[C@H](N[C@@H](c2ccc(F)cc2)C(F)(F)C(F)(F)F)C(=O)NC2(C#N)CC2)C1=O. The summed E-state index contributed by atoms with van der Waals surface area (Å²) >= 11 is 0. The molecule has 0 bridgehead atoms. The van der Waals surface area contributed by atoms with E-state index >= 15 is 0 Å². The largest absolute Gasteiger partial charge is 0.455 e. The van der Waals surface area contributed by atoms with Crippen molar-refractivity contribution < 1.29 is 49.1 Å². The van der Waals surface area contributed by atoms with Crippen molar-refractivity contribution in [2.75, 3.05) is 18.1 Å². The van der Waals surface area contributed by atoms with E-state index in [2.05, 4.69) is 5.32 Å². The molecule has 1 aromatic carbocycles. The number of carbonyl (C=O) groups excluding carboxylic acids is 3. The van der Waals surface area contributed by atoms with Crippen LogP contribution in [0.4, 0.5) is 26.3 Å². The molecule has 9 nitrogen and oxygen atoms in total. The van der Waals surface area contributed by atoms with Crippen molar-refractivity contribution in [2.24, 2.45) is 5.92 Å². The highest BCUT2D eigenvalue weighted by Gasteiger charge is 2.63. The third-order valence-corrected chi connectivity index (χ3v) is 8.24. The summed E-state index contributed by atoms with van der Waals surface area (Å²) in [6.07, 6.45) is -6.34. The van der Waals surface area contributed by atoms with Crippen molar-refractivity contribution >= 4 is 27.6 Å². The number of nitrogens with zero attached hydrogens (tertiary/aromatic N) is 2. The van der Waals surface area contributed by atoms with Gasteiger partial charge in [0.15, 0.2) is 9.84 Å². The zero-order chi connectivity index (χ0) is 29.4. The molecule has 214 valence electrons. The number of nitriles is 1. The van der Waals surface area contributed by atoms with Gasteiger partial charge in [-0.05, 0) is 37.5 Å². The molecule has 1 aromatic rings. The summed E-state index contributed by atoms with van der Waals surface area (Å²) in [5.74, 6) is -12.9. The molecule has 1 saturated carbocycles. The van der Waals surface area contributed by atoms with Crippen molar-refractivity contribution in [1.82, 2.24) is 15.5 Å². The van der Waals surface area contributed by atoms with Gasteiger partial charge >= 0.3 is 12.1 Å². The van der Waals surface area contributed by atoms with Crippen LogP contribution < -0.4 is 10.6 Å². The fourth-order valence-electron chi connectivity index (χ4n) is 4.18. The lowest BCUT2D eigenvalue weighted by molar-refractivity contribution is -0.294. The molecule has 1 heterocycles. The van der Waals surface area contributed by atoms with E-state index in [1.807, 2.05) is 0 Å². The molecule has 3 amide bonds. The number of halogens is 6. The van der Waals surface area contributed by atoms with Gasteiger partial charge in [0.1, 0.15) is 23.4 Å². The lowest BCUT2D eigenvalue weighted by Gasteiger charge is -2.33. The molecule has 2 N–H and O–H groups in total. The highest BCUT2D eigenvalue weighted by atomic mass is 32.2. The number of benzene rings is 1. The van der Waals surface area contributed by atoms with E-state index < -0.39 is 92.5 Å². The first-order chi connectivity index (χ1) is 17.9. The highest BCUT2D eigenvalue weighted by molar-refractivity contribution is 7.91. The number of nitrogens with one attached hydrogen (secondary N) is 2. The van der Waals surface area contributed by atoms with Gasteiger partial charge in [0.05, 0.1) is 23.5 Å². The second-order valence-electron chi connectivity index (χ2n) is 9.46. The Hall–Kier alpha value is -3.19. The fraction of sp³-hybridized carbons (Fsp3) is 0.565. The van der Waals surface area contributed by atoms with Gasteiger partial charge in [-0.25, -0.2) is 12.8 Å². The Morgan fingerprint density at radius 3 is 2.23 bits per heavy atom. The minimum absolute atomic E-state index is 0.0249. The van der Waals surface area contributed by atoms with E-state index in [9.17, 15) is 54.4 Å². The fourth-order valence-corrected chi connectivity index (χ4v) is 5.95. The number of alkyl halides is 5. The van der Waals surface area contributed by atoms with E-state index in [0.29, 0.717) is 24.3 Å². The van der Waals surface area contributed by atoms with E-state index in [-0.39, 0.29) is 19.4 Å². The third-order valence-electron chi connectivity index (χ3n) is 6.48. The Balaban J connectivity index is 1.95. The smallest absolute Gasteiger partial charge is 0.336 e. The molecule has 1 aliphatic carbocycles. The summed E-state index contributed by atoms with van der Waals surface area (Å²) in [4.78, 5) is 38.1. The van der Waals surface area contributed by atoms with Gasteiger partial charge in [-0.3, -0.25) is 24.6 Å². The maximum atomic E-state index is 14.7. The number of rotatable bonds is 11. The standard InChI is InChI=1S/C23H24F6N4O5S/c1-2-33-17(34)9-14(20(33)36)10-39(37,38)11-16(19(35)32-21(12-30)7-8-21)31-18(22(25,26)23(27,28)29)13-3-5-15(24)6-4-13/h3-6,14,16,18,31H,2,7-11H2,1H3,(H,32,35)/t14?,16-,18-/m0/s1.